The maximum Gasteiger partial charge on any atom is 0.264 e. The number of nitrogens with zero attached hydrogens (tertiary/aromatic N) is 1. The van der Waals surface area contributed by atoms with Gasteiger partial charge in [0.25, 0.3) is 10.0 Å². The molecule has 2 N–H and O–H groups in total. The number of aryl methyl sites for hydroxylation is 1. The molecule has 7 heteroatoms. The second-order valence-corrected chi connectivity index (χ2v) is 10.5. The van der Waals surface area contributed by atoms with Crippen LogP contribution < -0.4 is 14.5 Å². The summed E-state index contributed by atoms with van der Waals surface area (Å²) in [6, 6.07) is 11.0. The van der Waals surface area contributed by atoms with Crippen LogP contribution in [0.1, 0.15) is 41.9 Å². The summed E-state index contributed by atoms with van der Waals surface area (Å²) in [7, 11) is -1.55. The van der Waals surface area contributed by atoms with Crippen molar-refractivity contribution in [1.82, 2.24) is 0 Å². The number of hydrogen-bond acceptors (Lipinski definition) is 3. The fourth-order valence-corrected chi connectivity index (χ4v) is 6.91. The van der Waals surface area contributed by atoms with Gasteiger partial charge in [0, 0.05) is 12.1 Å². The number of carbonyl (C=O) groups excluding carboxylic acids is 1. The molecular formula is C22H26N3O3S+. The van der Waals surface area contributed by atoms with Crippen molar-refractivity contribution in [3.63, 3.8) is 0 Å². The van der Waals surface area contributed by atoms with Crippen molar-refractivity contribution < 1.29 is 18.1 Å². The highest BCUT2D eigenvalue weighted by Crippen LogP contribution is 2.46. The van der Waals surface area contributed by atoms with Gasteiger partial charge in [0.1, 0.15) is 0 Å². The van der Waals surface area contributed by atoms with Crippen molar-refractivity contribution in [2.45, 2.75) is 43.0 Å². The standard InChI is InChI=1S/C22H25N3O3S/c1-13-4-7-20-17(10-13)18-12-24(3)9-8-21(18)25(20)29(27,28)15-5-6-19-16(11-15)14(2)22(26)23-19/h4-7,10-11,14,18,21H,8-9,12H2,1-3H3,(H,23,26)/p+1/t14-,18+,21-/m0/s1. The van der Waals surface area contributed by atoms with Gasteiger partial charge in [0.05, 0.1) is 48.6 Å². The predicted octanol–water partition coefficient (Wildman–Crippen LogP) is 1.63. The molecule has 1 amide bonds. The van der Waals surface area contributed by atoms with Crippen molar-refractivity contribution in [1.29, 1.82) is 0 Å². The SMILES string of the molecule is Cc1ccc2c(c1)[C@H]1C[NH+](C)CC[C@@H]1N2S(=O)(=O)c1ccc2c(c1)[C@H](C)C(=O)N2. The average molecular weight is 413 g/mol. The van der Waals surface area contributed by atoms with Gasteiger partial charge in [-0.2, -0.15) is 0 Å². The zero-order chi connectivity index (χ0) is 20.5. The van der Waals surface area contributed by atoms with E-state index in [1.54, 1.807) is 29.4 Å². The van der Waals surface area contributed by atoms with Crippen LogP contribution in [0.25, 0.3) is 0 Å². The Morgan fingerprint density at radius 3 is 2.72 bits per heavy atom. The van der Waals surface area contributed by atoms with Gasteiger partial charge >= 0.3 is 0 Å². The first-order valence-electron chi connectivity index (χ1n) is 10.2. The van der Waals surface area contributed by atoms with Gasteiger partial charge in [-0.25, -0.2) is 8.42 Å². The van der Waals surface area contributed by atoms with E-state index < -0.39 is 10.0 Å². The maximum atomic E-state index is 13.8. The van der Waals surface area contributed by atoms with E-state index in [1.807, 2.05) is 12.1 Å². The number of hydrogen-bond donors (Lipinski definition) is 2. The number of benzene rings is 2. The zero-order valence-electron chi connectivity index (χ0n) is 16.9. The molecular weight excluding hydrogens is 386 g/mol. The molecule has 1 saturated heterocycles. The quantitative estimate of drug-likeness (QED) is 0.788. The van der Waals surface area contributed by atoms with Crippen molar-refractivity contribution >= 4 is 27.3 Å². The summed E-state index contributed by atoms with van der Waals surface area (Å²) in [5.74, 6) is -0.215. The second kappa shape index (κ2) is 6.31. The smallest absolute Gasteiger partial charge is 0.264 e. The summed E-state index contributed by atoms with van der Waals surface area (Å²) in [5, 5.41) is 2.82. The van der Waals surface area contributed by atoms with Gasteiger partial charge in [-0.3, -0.25) is 9.10 Å². The summed E-state index contributed by atoms with van der Waals surface area (Å²) < 4.78 is 29.3. The number of sulfonamides is 1. The summed E-state index contributed by atoms with van der Waals surface area (Å²) in [5.41, 5.74) is 4.57. The minimum Gasteiger partial charge on any atom is -0.337 e. The van der Waals surface area contributed by atoms with E-state index in [4.69, 9.17) is 0 Å². The van der Waals surface area contributed by atoms with E-state index >= 15 is 0 Å². The van der Waals surface area contributed by atoms with Gasteiger partial charge in [-0.1, -0.05) is 17.7 Å². The summed E-state index contributed by atoms with van der Waals surface area (Å²) in [6.45, 7) is 5.76. The number of rotatable bonds is 2. The fourth-order valence-electron chi connectivity index (χ4n) is 5.13. The molecule has 1 fully saturated rings. The zero-order valence-corrected chi connectivity index (χ0v) is 17.7. The van der Waals surface area contributed by atoms with Gasteiger partial charge in [-0.15, -0.1) is 0 Å². The summed E-state index contributed by atoms with van der Waals surface area (Å²) in [6.07, 6.45) is 0.838. The van der Waals surface area contributed by atoms with E-state index in [1.165, 1.54) is 4.90 Å². The van der Waals surface area contributed by atoms with E-state index in [2.05, 4.69) is 25.4 Å². The number of nitrogens with one attached hydrogen (secondary N) is 2. The largest absolute Gasteiger partial charge is 0.337 e. The molecule has 6 nitrogen and oxygen atoms in total. The minimum atomic E-state index is -3.73. The minimum absolute atomic E-state index is 0.0501. The molecule has 3 heterocycles. The molecule has 29 heavy (non-hydrogen) atoms. The number of amides is 1. The molecule has 0 spiro atoms. The number of anilines is 2. The molecule has 3 aliphatic rings. The molecule has 5 rings (SSSR count). The molecule has 0 aromatic heterocycles. The van der Waals surface area contributed by atoms with Crippen LogP contribution in [0.4, 0.5) is 11.4 Å². The van der Waals surface area contributed by atoms with Crippen LogP contribution in [0.3, 0.4) is 0 Å². The highest BCUT2D eigenvalue weighted by Gasteiger charge is 2.48. The number of carbonyl (C=O) groups is 1. The van der Waals surface area contributed by atoms with Crippen molar-refractivity contribution in [3.05, 3.63) is 53.1 Å². The molecule has 2 aromatic carbocycles. The molecule has 0 aliphatic carbocycles. The molecule has 0 saturated carbocycles. The van der Waals surface area contributed by atoms with Crippen LogP contribution in [0.2, 0.25) is 0 Å². The third-order valence-electron chi connectivity index (χ3n) is 6.72. The van der Waals surface area contributed by atoms with Crippen LogP contribution in [0.15, 0.2) is 41.3 Å². The third kappa shape index (κ3) is 2.71. The molecule has 3 aliphatic heterocycles. The molecule has 152 valence electrons. The van der Waals surface area contributed by atoms with Crippen LogP contribution in [0, 0.1) is 6.92 Å². The predicted molar refractivity (Wildman–Crippen MR) is 112 cm³/mol. The van der Waals surface area contributed by atoms with Crippen molar-refractivity contribution in [2.75, 3.05) is 29.8 Å². The lowest BCUT2D eigenvalue weighted by Gasteiger charge is -2.34. The Kier molecular flexibility index (Phi) is 4.05. The van der Waals surface area contributed by atoms with Gasteiger partial charge in [0.15, 0.2) is 0 Å². The Hall–Kier alpha value is -2.38. The topological polar surface area (TPSA) is 70.9 Å². The maximum absolute atomic E-state index is 13.8. The Labute approximate surface area is 171 Å². The Morgan fingerprint density at radius 2 is 1.93 bits per heavy atom. The van der Waals surface area contributed by atoms with Crippen LogP contribution in [-0.4, -0.2) is 40.5 Å². The van der Waals surface area contributed by atoms with Crippen LogP contribution in [-0.2, 0) is 14.8 Å². The monoisotopic (exact) mass is 412 g/mol. The Bertz CT molecular complexity index is 1130. The highest BCUT2D eigenvalue weighted by atomic mass is 32.2. The van der Waals surface area contributed by atoms with Gasteiger partial charge < -0.3 is 10.2 Å². The number of piperidine rings is 1. The number of likely N-dealkylation sites (tertiary alicyclic amines) is 1. The van der Waals surface area contributed by atoms with E-state index in [0.717, 1.165) is 41.9 Å². The molecule has 2 aromatic rings. The lowest BCUT2D eigenvalue weighted by Crippen LogP contribution is -3.11. The van der Waals surface area contributed by atoms with Gasteiger partial charge in [-0.05, 0) is 49.2 Å². The first kappa shape index (κ1) is 18.6. The van der Waals surface area contributed by atoms with Crippen LogP contribution >= 0.6 is 0 Å². The van der Waals surface area contributed by atoms with E-state index in [9.17, 15) is 13.2 Å². The number of likely N-dealkylation sites (N-methyl/N-ethyl adjacent to an activating group) is 1. The van der Waals surface area contributed by atoms with Crippen LogP contribution in [0.5, 0.6) is 0 Å². The average Bonchev–Trinajstić information content (AvgIpc) is 3.15. The normalized spacial score (nSPS) is 28.0. The summed E-state index contributed by atoms with van der Waals surface area (Å²) >= 11 is 0. The van der Waals surface area contributed by atoms with E-state index in [-0.39, 0.29) is 28.7 Å². The Balaban J connectivity index is 1.62. The van der Waals surface area contributed by atoms with Crippen molar-refractivity contribution in [2.24, 2.45) is 0 Å². The summed E-state index contributed by atoms with van der Waals surface area (Å²) in [4.78, 5) is 13.7. The number of quaternary nitrogens is 1. The second-order valence-electron chi connectivity index (χ2n) is 8.70. The van der Waals surface area contributed by atoms with E-state index in [0.29, 0.717) is 5.69 Å². The molecule has 0 bridgehead atoms. The highest BCUT2D eigenvalue weighted by molar-refractivity contribution is 7.92. The lowest BCUT2D eigenvalue weighted by molar-refractivity contribution is -0.886. The Morgan fingerprint density at radius 1 is 1.14 bits per heavy atom. The first-order chi connectivity index (χ1) is 13.8. The molecule has 1 unspecified atom stereocenters. The molecule has 0 radical (unpaired) electrons. The lowest BCUT2D eigenvalue weighted by atomic mass is 9.89. The third-order valence-corrected chi connectivity index (χ3v) is 8.55. The first-order valence-corrected chi connectivity index (χ1v) is 11.6. The van der Waals surface area contributed by atoms with Gasteiger partial charge in [0.2, 0.25) is 5.91 Å². The molecule has 4 atom stereocenters. The number of fused-ring (bicyclic) bond motifs is 4. The fraction of sp³-hybridized carbons (Fsp3) is 0.409. The van der Waals surface area contributed by atoms with Crippen molar-refractivity contribution in [3.8, 4) is 0 Å².